The molecular formula is C18H18N2O4. The number of aromatic carboxylic acids is 1. The van der Waals surface area contributed by atoms with Crippen molar-refractivity contribution in [2.24, 2.45) is 0 Å². The molecule has 2 heterocycles. The lowest BCUT2D eigenvalue weighted by Gasteiger charge is -2.20. The number of ether oxygens (including phenoxy) is 1. The summed E-state index contributed by atoms with van der Waals surface area (Å²) in [6, 6.07) is 8.81. The molecule has 0 aliphatic carbocycles. The number of amides is 1. The van der Waals surface area contributed by atoms with E-state index in [1.807, 2.05) is 12.1 Å². The molecule has 3 rings (SSSR count). The van der Waals surface area contributed by atoms with Crippen LogP contribution in [0.25, 0.3) is 0 Å². The molecule has 0 saturated carbocycles. The second-order valence-corrected chi connectivity index (χ2v) is 5.63. The molecule has 0 saturated heterocycles. The summed E-state index contributed by atoms with van der Waals surface area (Å²) in [5.74, 6) is -0.469. The Balaban J connectivity index is 1.81. The van der Waals surface area contributed by atoms with E-state index >= 15 is 0 Å². The number of nitrogens with zero attached hydrogens (tertiary/aromatic N) is 2. The lowest BCUT2D eigenvalue weighted by Crippen LogP contribution is -2.33. The van der Waals surface area contributed by atoms with Gasteiger partial charge in [-0.3, -0.25) is 4.79 Å². The molecule has 0 fully saturated rings. The Morgan fingerprint density at radius 1 is 1.21 bits per heavy atom. The number of carbonyl (C=O) groups is 2. The number of rotatable bonds is 3. The third-order valence-electron chi connectivity index (χ3n) is 4.25. The number of hydrogen-bond donors (Lipinski definition) is 1. The molecule has 6 nitrogen and oxygen atoms in total. The number of carboxylic acid groups (broad SMARTS) is 1. The van der Waals surface area contributed by atoms with Crippen molar-refractivity contribution >= 4 is 11.9 Å². The van der Waals surface area contributed by atoms with Crippen molar-refractivity contribution in [1.29, 1.82) is 0 Å². The first kappa shape index (κ1) is 16.0. The van der Waals surface area contributed by atoms with E-state index in [0.29, 0.717) is 25.1 Å². The SMILES string of the molecule is COc1cccc2c1CCN(C(=O)c1ccnc(C(=O)O)c1)CC2. The number of carbonyl (C=O) groups excluding carboxylic acids is 1. The van der Waals surface area contributed by atoms with Gasteiger partial charge in [0.1, 0.15) is 11.4 Å². The molecule has 2 aromatic rings. The Hall–Kier alpha value is -2.89. The molecule has 0 spiro atoms. The molecule has 124 valence electrons. The van der Waals surface area contributed by atoms with Crippen molar-refractivity contribution < 1.29 is 19.4 Å². The van der Waals surface area contributed by atoms with Crippen molar-refractivity contribution in [2.45, 2.75) is 12.8 Å². The summed E-state index contributed by atoms with van der Waals surface area (Å²) in [6.45, 7) is 1.15. The van der Waals surface area contributed by atoms with Crippen LogP contribution in [0.15, 0.2) is 36.5 Å². The van der Waals surface area contributed by atoms with Crippen molar-refractivity contribution in [3.63, 3.8) is 0 Å². The van der Waals surface area contributed by atoms with Crippen LogP contribution in [0.2, 0.25) is 0 Å². The fraction of sp³-hybridized carbons (Fsp3) is 0.278. The number of pyridine rings is 1. The highest BCUT2D eigenvalue weighted by atomic mass is 16.5. The molecule has 0 atom stereocenters. The number of carboxylic acids is 1. The summed E-state index contributed by atoms with van der Waals surface area (Å²) in [6.07, 6.45) is 2.81. The zero-order valence-corrected chi connectivity index (χ0v) is 13.4. The fourth-order valence-electron chi connectivity index (χ4n) is 3.00. The Morgan fingerprint density at radius 3 is 2.75 bits per heavy atom. The maximum absolute atomic E-state index is 12.7. The first-order valence-corrected chi connectivity index (χ1v) is 7.73. The Bertz CT molecular complexity index is 788. The summed E-state index contributed by atoms with van der Waals surface area (Å²) in [7, 11) is 1.65. The summed E-state index contributed by atoms with van der Waals surface area (Å²) in [4.78, 5) is 29.2. The van der Waals surface area contributed by atoms with Crippen LogP contribution < -0.4 is 4.74 Å². The van der Waals surface area contributed by atoms with Crippen LogP contribution in [0.3, 0.4) is 0 Å². The minimum absolute atomic E-state index is 0.124. The van der Waals surface area contributed by atoms with Gasteiger partial charge >= 0.3 is 5.97 Å². The lowest BCUT2D eigenvalue weighted by atomic mass is 10.0. The van der Waals surface area contributed by atoms with Gasteiger partial charge in [-0.15, -0.1) is 0 Å². The van der Waals surface area contributed by atoms with E-state index < -0.39 is 5.97 Å². The quantitative estimate of drug-likeness (QED) is 0.933. The maximum atomic E-state index is 12.7. The molecule has 24 heavy (non-hydrogen) atoms. The zero-order chi connectivity index (χ0) is 17.1. The second kappa shape index (κ2) is 6.70. The molecular weight excluding hydrogens is 308 g/mol. The predicted octanol–water partition coefficient (Wildman–Crippen LogP) is 2.03. The summed E-state index contributed by atoms with van der Waals surface area (Å²) >= 11 is 0. The van der Waals surface area contributed by atoms with Gasteiger partial charge in [0, 0.05) is 24.8 Å². The van der Waals surface area contributed by atoms with Crippen LogP contribution in [0, 0.1) is 0 Å². The molecule has 1 aliphatic rings. The number of hydrogen-bond acceptors (Lipinski definition) is 4. The topological polar surface area (TPSA) is 79.7 Å². The summed E-state index contributed by atoms with van der Waals surface area (Å²) in [5.41, 5.74) is 2.54. The first-order chi connectivity index (χ1) is 11.6. The van der Waals surface area contributed by atoms with Gasteiger partial charge in [0.05, 0.1) is 7.11 Å². The minimum Gasteiger partial charge on any atom is -0.496 e. The van der Waals surface area contributed by atoms with E-state index in [9.17, 15) is 9.59 Å². The van der Waals surface area contributed by atoms with Gasteiger partial charge in [0.15, 0.2) is 0 Å². The highest BCUT2D eigenvalue weighted by molar-refractivity contribution is 5.96. The molecule has 6 heteroatoms. The van der Waals surface area contributed by atoms with Gasteiger partial charge in [-0.05, 0) is 42.2 Å². The monoisotopic (exact) mass is 326 g/mol. The average molecular weight is 326 g/mol. The van der Waals surface area contributed by atoms with Crippen LogP contribution in [0.5, 0.6) is 5.75 Å². The Kier molecular flexibility index (Phi) is 4.46. The molecule has 1 amide bonds. The van der Waals surface area contributed by atoms with Gasteiger partial charge in [-0.1, -0.05) is 12.1 Å². The van der Waals surface area contributed by atoms with Gasteiger partial charge in [-0.2, -0.15) is 0 Å². The number of benzene rings is 1. The van der Waals surface area contributed by atoms with Crippen molar-refractivity contribution in [3.8, 4) is 5.75 Å². The van der Waals surface area contributed by atoms with E-state index in [1.165, 1.54) is 17.8 Å². The van der Waals surface area contributed by atoms with Crippen molar-refractivity contribution in [3.05, 3.63) is 58.9 Å². The highest BCUT2D eigenvalue weighted by Gasteiger charge is 2.22. The molecule has 0 bridgehead atoms. The van der Waals surface area contributed by atoms with Crippen LogP contribution in [0.1, 0.15) is 32.0 Å². The molecule has 1 N–H and O–H groups in total. The number of aromatic nitrogens is 1. The lowest BCUT2D eigenvalue weighted by molar-refractivity contribution is 0.0690. The number of methoxy groups -OCH3 is 1. The Morgan fingerprint density at radius 2 is 2.00 bits per heavy atom. The molecule has 0 unspecified atom stereocenters. The van der Waals surface area contributed by atoms with E-state index in [4.69, 9.17) is 9.84 Å². The largest absolute Gasteiger partial charge is 0.496 e. The minimum atomic E-state index is -1.14. The van der Waals surface area contributed by atoms with E-state index in [0.717, 1.165) is 17.7 Å². The zero-order valence-electron chi connectivity index (χ0n) is 13.4. The van der Waals surface area contributed by atoms with E-state index in [-0.39, 0.29) is 11.6 Å². The van der Waals surface area contributed by atoms with Crippen molar-refractivity contribution in [2.75, 3.05) is 20.2 Å². The molecule has 1 aliphatic heterocycles. The summed E-state index contributed by atoms with van der Waals surface area (Å²) in [5, 5.41) is 9.02. The van der Waals surface area contributed by atoms with Gasteiger partial charge in [-0.25, -0.2) is 9.78 Å². The molecule has 0 radical (unpaired) electrons. The van der Waals surface area contributed by atoms with Gasteiger partial charge < -0.3 is 14.7 Å². The third-order valence-corrected chi connectivity index (χ3v) is 4.25. The van der Waals surface area contributed by atoms with Crippen LogP contribution >= 0.6 is 0 Å². The van der Waals surface area contributed by atoms with Crippen LogP contribution in [0.4, 0.5) is 0 Å². The molecule has 1 aromatic heterocycles. The summed E-state index contributed by atoms with van der Waals surface area (Å²) < 4.78 is 5.41. The van der Waals surface area contributed by atoms with Crippen LogP contribution in [-0.4, -0.2) is 47.1 Å². The number of fused-ring (bicyclic) bond motifs is 1. The highest BCUT2D eigenvalue weighted by Crippen LogP contribution is 2.26. The van der Waals surface area contributed by atoms with Gasteiger partial charge in [0.25, 0.3) is 5.91 Å². The normalized spacial score (nSPS) is 13.8. The molecule has 1 aromatic carbocycles. The average Bonchev–Trinajstić information content (AvgIpc) is 2.83. The smallest absolute Gasteiger partial charge is 0.354 e. The van der Waals surface area contributed by atoms with Crippen LogP contribution in [-0.2, 0) is 12.8 Å². The van der Waals surface area contributed by atoms with E-state index in [1.54, 1.807) is 18.1 Å². The van der Waals surface area contributed by atoms with E-state index in [2.05, 4.69) is 11.1 Å². The second-order valence-electron chi connectivity index (χ2n) is 5.63. The first-order valence-electron chi connectivity index (χ1n) is 7.73. The predicted molar refractivity (Wildman–Crippen MR) is 87.5 cm³/mol. The fourth-order valence-corrected chi connectivity index (χ4v) is 3.00. The van der Waals surface area contributed by atoms with Crippen molar-refractivity contribution in [1.82, 2.24) is 9.88 Å². The maximum Gasteiger partial charge on any atom is 0.354 e. The third kappa shape index (κ3) is 3.08. The van der Waals surface area contributed by atoms with Gasteiger partial charge in [0.2, 0.25) is 0 Å². The Labute approximate surface area is 139 Å². The standard InChI is InChI=1S/C18H18N2O4/c1-24-16-4-2-3-12-6-9-20(10-7-14(12)16)17(21)13-5-8-19-15(11-13)18(22)23/h2-5,8,11H,6-7,9-10H2,1H3,(H,22,23).